The minimum absolute atomic E-state index is 0.00918. The van der Waals surface area contributed by atoms with Crippen molar-refractivity contribution in [1.29, 1.82) is 0 Å². The number of carbonyl (C=O) groups excluding carboxylic acids is 1. The second-order valence-corrected chi connectivity index (χ2v) is 7.32. The third kappa shape index (κ3) is 5.98. The zero-order chi connectivity index (χ0) is 21.3. The van der Waals surface area contributed by atoms with Crippen molar-refractivity contribution in [2.75, 3.05) is 11.5 Å². The van der Waals surface area contributed by atoms with E-state index in [-0.39, 0.29) is 5.78 Å². The average molecular weight is 401 g/mol. The standard InChI is InChI=1S/C26H28N2O2/c1-2-3-4-5-19-6-11-21(12-7-19)25(29)16-10-20-8-14-23(15-9-20)30-26-17-13-22(27)18-24(26)28/h6-18H,2-5,27-28H2,1H3. The summed E-state index contributed by atoms with van der Waals surface area (Å²) in [5, 5.41) is 0. The van der Waals surface area contributed by atoms with Gasteiger partial charge < -0.3 is 16.2 Å². The lowest BCUT2D eigenvalue weighted by Crippen LogP contribution is -1.95. The molecule has 0 aliphatic heterocycles. The van der Waals surface area contributed by atoms with Crippen LogP contribution in [0.25, 0.3) is 6.08 Å². The van der Waals surface area contributed by atoms with E-state index in [0.29, 0.717) is 28.4 Å². The van der Waals surface area contributed by atoms with Crippen molar-refractivity contribution in [3.05, 3.63) is 89.5 Å². The van der Waals surface area contributed by atoms with Gasteiger partial charge in [0.05, 0.1) is 5.69 Å². The number of benzene rings is 3. The summed E-state index contributed by atoms with van der Waals surface area (Å²) in [7, 11) is 0. The van der Waals surface area contributed by atoms with Crippen LogP contribution in [0.1, 0.15) is 47.7 Å². The highest BCUT2D eigenvalue weighted by Gasteiger charge is 2.04. The molecule has 0 spiro atoms. The quantitative estimate of drug-likeness (QED) is 0.192. The number of hydrogen-bond acceptors (Lipinski definition) is 4. The summed E-state index contributed by atoms with van der Waals surface area (Å²) in [6.07, 6.45) is 8.10. The molecule has 0 unspecified atom stereocenters. The number of nitrogen functional groups attached to an aromatic ring is 2. The van der Waals surface area contributed by atoms with E-state index in [4.69, 9.17) is 16.2 Å². The predicted molar refractivity (Wildman–Crippen MR) is 125 cm³/mol. The van der Waals surface area contributed by atoms with Crippen LogP contribution in [0.3, 0.4) is 0 Å². The van der Waals surface area contributed by atoms with Gasteiger partial charge in [-0.25, -0.2) is 0 Å². The van der Waals surface area contributed by atoms with Crippen LogP contribution in [0.4, 0.5) is 11.4 Å². The molecule has 3 aromatic rings. The predicted octanol–water partition coefficient (Wildman–Crippen LogP) is 6.27. The first kappa shape index (κ1) is 21.2. The zero-order valence-electron chi connectivity index (χ0n) is 17.3. The van der Waals surface area contributed by atoms with E-state index in [2.05, 4.69) is 6.92 Å². The van der Waals surface area contributed by atoms with Gasteiger partial charge in [0.25, 0.3) is 0 Å². The molecule has 30 heavy (non-hydrogen) atoms. The van der Waals surface area contributed by atoms with Gasteiger partial charge in [-0.05, 0) is 60.4 Å². The highest BCUT2D eigenvalue weighted by atomic mass is 16.5. The molecule has 0 saturated carbocycles. The molecule has 0 amide bonds. The monoisotopic (exact) mass is 400 g/mol. The maximum absolute atomic E-state index is 12.4. The third-order valence-corrected chi connectivity index (χ3v) is 4.88. The number of allylic oxidation sites excluding steroid dienone is 1. The Kier molecular flexibility index (Phi) is 7.28. The molecule has 0 aliphatic rings. The molecule has 0 radical (unpaired) electrons. The second-order valence-electron chi connectivity index (χ2n) is 7.32. The van der Waals surface area contributed by atoms with Gasteiger partial charge >= 0.3 is 0 Å². The van der Waals surface area contributed by atoms with Gasteiger partial charge in [-0.15, -0.1) is 0 Å². The molecule has 0 saturated heterocycles. The van der Waals surface area contributed by atoms with Crippen molar-refractivity contribution >= 4 is 23.2 Å². The van der Waals surface area contributed by atoms with E-state index in [9.17, 15) is 4.79 Å². The number of hydrogen-bond donors (Lipinski definition) is 2. The molecule has 0 aromatic heterocycles. The van der Waals surface area contributed by atoms with Gasteiger partial charge in [-0.1, -0.05) is 62.2 Å². The highest BCUT2D eigenvalue weighted by molar-refractivity contribution is 6.06. The van der Waals surface area contributed by atoms with E-state index in [1.54, 1.807) is 30.4 Å². The molecule has 0 aliphatic carbocycles. The van der Waals surface area contributed by atoms with Crippen molar-refractivity contribution in [2.45, 2.75) is 32.6 Å². The average Bonchev–Trinajstić information content (AvgIpc) is 2.75. The minimum atomic E-state index is -0.00918. The Morgan fingerprint density at radius 2 is 1.67 bits per heavy atom. The SMILES string of the molecule is CCCCCc1ccc(C(=O)C=Cc2ccc(Oc3ccc(N)cc3N)cc2)cc1. The zero-order valence-corrected chi connectivity index (χ0v) is 17.3. The number of ether oxygens (including phenoxy) is 1. The number of unbranched alkanes of at least 4 members (excludes halogenated alkanes) is 2. The van der Waals surface area contributed by atoms with E-state index >= 15 is 0 Å². The Labute approximate surface area is 178 Å². The molecule has 154 valence electrons. The van der Waals surface area contributed by atoms with Crippen molar-refractivity contribution in [2.24, 2.45) is 0 Å². The lowest BCUT2D eigenvalue weighted by molar-refractivity contribution is 0.104. The summed E-state index contributed by atoms with van der Waals surface area (Å²) in [6, 6.07) is 20.5. The van der Waals surface area contributed by atoms with E-state index in [1.807, 2.05) is 48.5 Å². The first-order valence-electron chi connectivity index (χ1n) is 10.3. The van der Waals surface area contributed by atoms with Crippen LogP contribution in [-0.4, -0.2) is 5.78 Å². The molecule has 4 nitrogen and oxygen atoms in total. The Balaban J connectivity index is 1.58. The van der Waals surface area contributed by atoms with Gasteiger partial charge in [0, 0.05) is 11.3 Å². The number of carbonyl (C=O) groups is 1. The molecular weight excluding hydrogens is 372 g/mol. The molecule has 4 N–H and O–H groups in total. The smallest absolute Gasteiger partial charge is 0.185 e. The summed E-state index contributed by atoms with van der Waals surface area (Å²) >= 11 is 0. The molecular formula is C26H28N2O2. The normalized spacial score (nSPS) is 11.0. The van der Waals surface area contributed by atoms with Crippen LogP contribution in [-0.2, 0) is 6.42 Å². The highest BCUT2D eigenvalue weighted by Crippen LogP contribution is 2.29. The number of ketones is 1. The Morgan fingerprint density at radius 1 is 0.933 bits per heavy atom. The van der Waals surface area contributed by atoms with Crippen LogP contribution >= 0.6 is 0 Å². The molecule has 4 heteroatoms. The topological polar surface area (TPSA) is 78.3 Å². The van der Waals surface area contributed by atoms with Crippen LogP contribution in [0.2, 0.25) is 0 Å². The maximum atomic E-state index is 12.4. The fourth-order valence-corrected chi connectivity index (χ4v) is 3.12. The van der Waals surface area contributed by atoms with Crippen molar-refractivity contribution in [3.63, 3.8) is 0 Å². The summed E-state index contributed by atoms with van der Waals surface area (Å²) in [4.78, 5) is 12.4. The van der Waals surface area contributed by atoms with Crippen molar-refractivity contribution in [1.82, 2.24) is 0 Å². The molecule has 3 rings (SSSR count). The van der Waals surface area contributed by atoms with Crippen LogP contribution < -0.4 is 16.2 Å². The van der Waals surface area contributed by atoms with E-state index < -0.39 is 0 Å². The van der Waals surface area contributed by atoms with E-state index in [0.717, 1.165) is 12.0 Å². The fraction of sp³-hybridized carbons (Fsp3) is 0.192. The molecule has 3 aromatic carbocycles. The summed E-state index contributed by atoms with van der Waals surface area (Å²) in [5.41, 5.74) is 15.6. The van der Waals surface area contributed by atoms with Crippen molar-refractivity contribution in [3.8, 4) is 11.5 Å². The third-order valence-electron chi connectivity index (χ3n) is 4.88. The minimum Gasteiger partial charge on any atom is -0.455 e. The maximum Gasteiger partial charge on any atom is 0.185 e. The Hall–Kier alpha value is -3.53. The van der Waals surface area contributed by atoms with Gasteiger partial charge in [0.2, 0.25) is 0 Å². The van der Waals surface area contributed by atoms with Crippen LogP contribution in [0.15, 0.2) is 72.8 Å². The fourth-order valence-electron chi connectivity index (χ4n) is 3.12. The van der Waals surface area contributed by atoms with Crippen LogP contribution in [0.5, 0.6) is 11.5 Å². The lowest BCUT2D eigenvalue weighted by Gasteiger charge is -2.09. The summed E-state index contributed by atoms with van der Waals surface area (Å²) in [5.74, 6) is 1.21. The number of aryl methyl sites for hydroxylation is 1. The Bertz CT molecular complexity index is 1010. The Morgan fingerprint density at radius 3 is 2.33 bits per heavy atom. The van der Waals surface area contributed by atoms with Crippen molar-refractivity contribution < 1.29 is 9.53 Å². The molecule has 0 bridgehead atoms. The summed E-state index contributed by atoms with van der Waals surface area (Å²) in [6.45, 7) is 2.20. The molecule has 0 heterocycles. The first-order chi connectivity index (χ1) is 14.5. The lowest BCUT2D eigenvalue weighted by atomic mass is 10.0. The second kappa shape index (κ2) is 10.3. The molecule has 0 fully saturated rings. The first-order valence-corrected chi connectivity index (χ1v) is 10.3. The number of nitrogens with two attached hydrogens (primary N) is 2. The van der Waals surface area contributed by atoms with Gasteiger partial charge in [0.1, 0.15) is 11.5 Å². The van der Waals surface area contributed by atoms with Gasteiger partial charge in [0.15, 0.2) is 5.78 Å². The molecule has 0 atom stereocenters. The summed E-state index contributed by atoms with van der Waals surface area (Å²) < 4.78 is 5.79. The number of rotatable bonds is 9. The van der Waals surface area contributed by atoms with Gasteiger partial charge in [-0.2, -0.15) is 0 Å². The largest absolute Gasteiger partial charge is 0.455 e. The van der Waals surface area contributed by atoms with E-state index in [1.165, 1.54) is 24.8 Å². The van der Waals surface area contributed by atoms with Gasteiger partial charge in [-0.3, -0.25) is 4.79 Å². The number of anilines is 2. The van der Waals surface area contributed by atoms with Crippen LogP contribution in [0, 0.1) is 0 Å².